The minimum absolute atomic E-state index is 0.0378. The van der Waals surface area contributed by atoms with E-state index in [1.807, 2.05) is 36.2 Å². The van der Waals surface area contributed by atoms with Gasteiger partial charge in [0.05, 0.1) is 18.7 Å². The summed E-state index contributed by atoms with van der Waals surface area (Å²) in [5, 5.41) is 0.657. The lowest BCUT2D eigenvalue weighted by Gasteiger charge is -2.34. The van der Waals surface area contributed by atoms with Gasteiger partial charge in [-0.15, -0.1) is 0 Å². The Hall–Kier alpha value is -2.34. The number of piperidine rings is 1. The third-order valence-electron chi connectivity index (χ3n) is 5.35. The highest BCUT2D eigenvalue weighted by Crippen LogP contribution is 2.33. The van der Waals surface area contributed by atoms with Gasteiger partial charge in [-0.05, 0) is 43.0 Å². The van der Waals surface area contributed by atoms with E-state index in [-0.39, 0.29) is 12.5 Å². The Balaban J connectivity index is 1.75. The summed E-state index contributed by atoms with van der Waals surface area (Å²) in [5.41, 5.74) is 1.85. The van der Waals surface area contributed by atoms with Gasteiger partial charge in [-0.2, -0.15) is 0 Å². The molecule has 1 fully saturated rings. The molecule has 27 heavy (non-hydrogen) atoms. The summed E-state index contributed by atoms with van der Waals surface area (Å²) in [6, 6.07) is 7.40. The number of fused-ring (bicyclic) bond motifs is 1. The van der Waals surface area contributed by atoms with Crippen LogP contribution in [0.3, 0.4) is 0 Å². The van der Waals surface area contributed by atoms with Gasteiger partial charge in [0.25, 0.3) is 0 Å². The number of aromatic nitrogens is 2. The van der Waals surface area contributed by atoms with Crippen molar-refractivity contribution < 1.29 is 4.79 Å². The maximum atomic E-state index is 12.9. The quantitative estimate of drug-likeness (QED) is 0.793. The fourth-order valence-electron chi connectivity index (χ4n) is 3.98. The third-order valence-corrected chi connectivity index (χ3v) is 5.60. The second-order valence-corrected chi connectivity index (χ2v) is 7.94. The number of hydrogen-bond acceptors (Lipinski definition) is 5. The summed E-state index contributed by atoms with van der Waals surface area (Å²) in [6.07, 6.45) is 4.03. The Labute approximate surface area is 164 Å². The number of carbonyl (C=O) groups excluding carboxylic acids is 1. The summed E-state index contributed by atoms with van der Waals surface area (Å²) >= 11 is 6.03. The van der Waals surface area contributed by atoms with E-state index in [1.165, 1.54) is 6.42 Å². The highest BCUT2D eigenvalue weighted by Gasteiger charge is 2.30. The molecule has 2 aromatic rings. The van der Waals surface area contributed by atoms with E-state index in [1.54, 1.807) is 11.2 Å². The smallest absolute Gasteiger partial charge is 0.246 e. The molecule has 4 rings (SSSR count). The van der Waals surface area contributed by atoms with Crippen molar-refractivity contribution in [2.75, 3.05) is 41.4 Å². The molecular formula is C20H24ClN5O. The zero-order chi connectivity index (χ0) is 19.0. The van der Waals surface area contributed by atoms with E-state index in [0.29, 0.717) is 17.5 Å². The van der Waals surface area contributed by atoms with Crippen molar-refractivity contribution in [3.63, 3.8) is 0 Å². The van der Waals surface area contributed by atoms with Crippen LogP contribution >= 0.6 is 11.6 Å². The van der Waals surface area contributed by atoms with Crippen LogP contribution < -0.4 is 14.7 Å². The highest BCUT2D eigenvalue weighted by atomic mass is 35.5. The fourth-order valence-corrected chi connectivity index (χ4v) is 4.11. The van der Waals surface area contributed by atoms with Crippen LogP contribution in [0, 0.1) is 5.92 Å². The van der Waals surface area contributed by atoms with Crippen molar-refractivity contribution in [3.05, 3.63) is 41.2 Å². The second kappa shape index (κ2) is 7.35. The fraction of sp³-hybridized carbons (Fsp3) is 0.450. The van der Waals surface area contributed by atoms with E-state index >= 15 is 0 Å². The van der Waals surface area contributed by atoms with Gasteiger partial charge in [-0.1, -0.05) is 18.5 Å². The van der Waals surface area contributed by atoms with Crippen LogP contribution in [0.15, 0.2) is 30.6 Å². The van der Waals surface area contributed by atoms with Crippen molar-refractivity contribution in [2.24, 2.45) is 5.92 Å². The first kappa shape index (κ1) is 18.0. The molecule has 1 saturated heterocycles. The number of hydrogen-bond donors (Lipinski definition) is 0. The summed E-state index contributed by atoms with van der Waals surface area (Å²) in [4.78, 5) is 28.1. The second-order valence-electron chi connectivity index (χ2n) is 7.51. The Morgan fingerprint density at radius 2 is 1.85 bits per heavy atom. The largest absolute Gasteiger partial charge is 0.356 e. The molecule has 2 aliphatic rings. The maximum Gasteiger partial charge on any atom is 0.246 e. The summed E-state index contributed by atoms with van der Waals surface area (Å²) in [6.45, 7) is 5.00. The minimum atomic E-state index is 0.0378. The number of halogens is 1. The van der Waals surface area contributed by atoms with E-state index in [4.69, 9.17) is 11.6 Å². The van der Waals surface area contributed by atoms with Crippen molar-refractivity contribution in [1.82, 2.24) is 9.97 Å². The van der Waals surface area contributed by atoms with Gasteiger partial charge in [0.15, 0.2) is 0 Å². The van der Waals surface area contributed by atoms with Crippen LogP contribution in [0.25, 0.3) is 0 Å². The maximum absolute atomic E-state index is 12.9. The molecule has 0 saturated carbocycles. The van der Waals surface area contributed by atoms with Gasteiger partial charge < -0.3 is 14.7 Å². The summed E-state index contributed by atoms with van der Waals surface area (Å²) < 4.78 is 0. The first-order valence-corrected chi connectivity index (χ1v) is 9.76. The summed E-state index contributed by atoms with van der Waals surface area (Å²) in [5.74, 6) is 2.47. The SMILES string of the molecule is CC1CCCN(c2ncnc3c2CN(c2ccc(Cl)cc2)C(=O)CN3C)C1. The van der Waals surface area contributed by atoms with Gasteiger partial charge in [0.2, 0.25) is 5.91 Å². The van der Waals surface area contributed by atoms with E-state index in [9.17, 15) is 4.79 Å². The molecule has 0 aliphatic carbocycles. The Kier molecular flexibility index (Phi) is 4.91. The molecule has 3 heterocycles. The normalized spacial score (nSPS) is 20.5. The number of amides is 1. The predicted octanol–water partition coefficient (Wildman–Crippen LogP) is 3.35. The van der Waals surface area contributed by atoms with E-state index in [2.05, 4.69) is 21.8 Å². The molecule has 1 aromatic heterocycles. The number of anilines is 3. The zero-order valence-electron chi connectivity index (χ0n) is 15.7. The molecule has 142 valence electrons. The van der Waals surface area contributed by atoms with Crippen molar-refractivity contribution in [1.29, 1.82) is 0 Å². The van der Waals surface area contributed by atoms with Crippen molar-refractivity contribution >= 4 is 34.8 Å². The minimum Gasteiger partial charge on any atom is -0.356 e. The molecule has 7 heteroatoms. The monoisotopic (exact) mass is 385 g/mol. The van der Waals surface area contributed by atoms with E-state index in [0.717, 1.165) is 42.4 Å². The van der Waals surface area contributed by atoms with Crippen LogP contribution in [0.2, 0.25) is 5.02 Å². The molecule has 2 aliphatic heterocycles. The topological polar surface area (TPSA) is 52.6 Å². The standard InChI is InChI=1S/C20H24ClN5O/c1-14-4-3-9-25(10-14)20-17-11-26(16-7-5-15(21)6-8-16)18(27)12-24(2)19(17)22-13-23-20/h5-8,13-14H,3-4,9-12H2,1-2H3. The number of rotatable bonds is 2. The first-order chi connectivity index (χ1) is 13.0. The molecule has 1 unspecified atom stereocenters. The Morgan fingerprint density at radius 1 is 1.11 bits per heavy atom. The van der Waals surface area contributed by atoms with Gasteiger partial charge in [-0.3, -0.25) is 4.79 Å². The number of carbonyl (C=O) groups is 1. The van der Waals surface area contributed by atoms with Crippen molar-refractivity contribution in [2.45, 2.75) is 26.3 Å². The van der Waals surface area contributed by atoms with Crippen LogP contribution in [0.4, 0.5) is 17.3 Å². The lowest BCUT2D eigenvalue weighted by molar-refractivity contribution is -0.117. The summed E-state index contributed by atoms with van der Waals surface area (Å²) in [7, 11) is 1.91. The average Bonchev–Trinajstić information content (AvgIpc) is 2.78. The molecule has 6 nitrogen and oxygen atoms in total. The van der Waals surface area contributed by atoms with Gasteiger partial charge in [0.1, 0.15) is 18.0 Å². The number of likely N-dealkylation sites (N-methyl/N-ethyl adjacent to an activating group) is 1. The lowest BCUT2D eigenvalue weighted by Crippen LogP contribution is -2.37. The number of nitrogens with zero attached hydrogens (tertiary/aromatic N) is 5. The van der Waals surface area contributed by atoms with Gasteiger partial charge in [-0.25, -0.2) is 9.97 Å². The molecule has 0 radical (unpaired) electrons. The van der Waals surface area contributed by atoms with Gasteiger partial charge >= 0.3 is 0 Å². The zero-order valence-corrected chi connectivity index (χ0v) is 16.5. The third kappa shape index (κ3) is 3.58. The van der Waals surface area contributed by atoms with Crippen LogP contribution in [-0.4, -0.2) is 42.6 Å². The molecule has 0 bridgehead atoms. The first-order valence-electron chi connectivity index (χ1n) is 9.39. The molecule has 1 amide bonds. The molecule has 1 aromatic carbocycles. The van der Waals surface area contributed by atoms with Crippen molar-refractivity contribution in [3.8, 4) is 0 Å². The van der Waals surface area contributed by atoms with Crippen LogP contribution in [-0.2, 0) is 11.3 Å². The molecule has 1 atom stereocenters. The van der Waals surface area contributed by atoms with Crippen LogP contribution in [0.1, 0.15) is 25.3 Å². The Bertz CT molecular complexity index is 841. The molecule has 0 spiro atoms. The van der Waals surface area contributed by atoms with Gasteiger partial charge in [0, 0.05) is 30.8 Å². The Morgan fingerprint density at radius 3 is 2.59 bits per heavy atom. The lowest BCUT2D eigenvalue weighted by atomic mass is 10.00. The highest BCUT2D eigenvalue weighted by molar-refractivity contribution is 6.30. The van der Waals surface area contributed by atoms with E-state index < -0.39 is 0 Å². The average molecular weight is 386 g/mol. The number of benzene rings is 1. The van der Waals surface area contributed by atoms with Crippen LogP contribution in [0.5, 0.6) is 0 Å². The molecule has 0 N–H and O–H groups in total. The predicted molar refractivity (Wildman–Crippen MR) is 109 cm³/mol. The molecular weight excluding hydrogens is 362 g/mol.